The van der Waals surface area contributed by atoms with Gasteiger partial charge in [-0.2, -0.15) is 4.98 Å². The van der Waals surface area contributed by atoms with Crippen LogP contribution in [0.1, 0.15) is 38.4 Å². The maximum atomic E-state index is 5.30. The zero-order valence-corrected chi connectivity index (χ0v) is 12.1. The van der Waals surface area contributed by atoms with Crippen LogP contribution in [-0.4, -0.2) is 48.3 Å². The van der Waals surface area contributed by atoms with Gasteiger partial charge in [-0.05, 0) is 27.1 Å². The van der Waals surface area contributed by atoms with Crippen LogP contribution in [0, 0.1) is 0 Å². The Morgan fingerprint density at radius 3 is 2.72 bits per heavy atom. The molecule has 0 aliphatic rings. The molecule has 0 bridgehead atoms. The third kappa shape index (κ3) is 5.60. The van der Waals surface area contributed by atoms with Gasteiger partial charge in [-0.3, -0.25) is 0 Å². The highest BCUT2D eigenvalue weighted by Crippen LogP contribution is 2.06. The van der Waals surface area contributed by atoms with E-state index < -0.39 is 0 Å². The molecule has 1 aromatic heterocycles. The Kier molecular flexibility index (Phi) is 6.90. The first-order chi connectivity index (χ1) is 8.65. The van der Waals surface area contributed by atoms with Gasteiger partial charge in [-0.1, -0.05) is 25.4 Å². The predicted molar refractivity (Wildman–Crippen MR) is 72.6 cm³/mol. The summed E-state index contributed by atoms with van der Waals surface area (Å²) in [5, 5.41) is 7.48. The number of nitrogens with zero attached hydrogens (tertiary/aromatic N) is 3. The van der Waals surface area contributed by atoms with E-state index >= 15 is 0 Å². The second-order valence-electron chi connectivity index (χ2n) is 4.91. The van der Waals surface area contributed by atoms with Crippen molar-refractivity contribution in [3.63, 3.8) is 0 Å². The molecule has 0 saturated carbocycles. The van der Waals surface area contributed by atoms with Crippen molar-refractivity contribution in [2.45, 2.75) is 45.6 Å². The van der Waals surface area contributed by atoms with Crippen LogP contribution >= 0.6 is 0 Å². The van der Waals surface area contributed by atoms with E-state index in [-0.39, 0.29) is 0 Å². The number of likely N-dealkylation sites (N-methyl/N-ethyl adjacent to an activating group) is 2. The van der Waals surface area contributed by atoms with E-state index in [1.165, 1.54) is 6.42 Å². The summed E-state index contributed by atoms with van der Waals surface area (Å²) in [5.41, 5.74) is 0. The average Bonchev–Trinajstić information content (AvgIpc) is 2.75. The van der Waals surface area contributed by atoms with E-state index in [1.54, 1.807) is 0 Å². The first-order valence-corrected chi connectivity index (χ1v) is 6.85. The zero-order chi connectivity index (χ0) is 13.4. The molecule has 0 aliphatic carbocycles. The van der Waals surface area contributed by atoms with Crippen molar-refractivity contribution >= 4 is 0 Å². The van der Waals surface area contributed by atoms with E-state index in [4.69, 9.17) is 4.52 Å². The topological polar surface area (TPSA) is 54.2 Å². The number of hydrogen-bond acceptors (Lipinski definition) is 5. The molecule has 1 unspecified atom stereocenters. The zero-order valence-electron chi connectivity index (χ0n) is 12.1. The molecular formula is C13H26N4O. The standard InChI is InChI=1S/C13H26N4O/c1-5-7-11(14-6-2)10-13-15-12(16-18-13)8-9-17(3)4/h11,14H,5-10H2,1-4H3. The highest BCUT2D eigenvalue weighted by atomic mass is 16.5. The summed E-state index contributed by atoms with van der Waals surface area (Å²) in [4.78, 5) is 6.56. The molecule has 0 aromatic carbocycles. The molecule has 0 radical (unpaired) electrons. The van der Waals surface area contributed by atoms with Crippen molar-refractivity contribution in [1.29, 1.82) is 0 Å². The summed E-state index contributed by atoms with van der Waals surface area (Å²) >= 11 is 0. The van der Waals surface area contributed by atoms with E-state index in [1.807, 2.05) is 14.1 Å². The summed E-state index contributed by atoms with van der Waals surface area (Å²) in [5.74, 6) is 1.56. The summed E-state index contributed by atoms with van der Waals surface area (Å²) in [6.45, 7) is 6.25. The Balaban J connectivity index is 2.45. The van der Waals surface area contributed by atoms with Gasteiger partial charge >= 0.3 is 0 Å². The summed E-state index contributed by atoms with van der Waals surface area (Å²) in [6, 6.07) is 0.446. The average molecular weight is 254 g/mol. The van der Waals surface area contributed by atoms with Gasteiger partial charge in [0.25, 0.3) is 0 Å². The molecule has 0 spiro atoms. The van der Waals surface area contributed by atoms with Crippen LogP contribution in [0.25, 0.3) is 0 Å². The highest BCUT2D eigenvalue weighted by molar-refractivity contribution is 4.90. The number of nitrogens with one attached hydrogen (secondary N) is 1. The fourth-order valence-corrected chi connectivity index (χ4v) is 1.92. The molecule has 1 N–H and O–H groups in total. The lowest BCUT2D eigenvalue weighted by Crippen LogP contribution is -2.30. The van der Waals surface area contributed by atoms with Crippen LogP contribution < -0.4 is 5.32 Å². The molecule has 0 saturated heterocycles. The van der Waals surface area contributed by atoms with Gasteiger partial charge in [-0.25, -0.2) is 0 Å². The van der Waals surface area contributed by atoms with Gasteiger partial charge in [0.15, 0.2) is 5.82 Å². The molecule has 5 heteroatoms. The maximum absolute atomic E-state index is 5.30. The lowest BCUT2D eigenvalue weighted by molar-refractivity contribution is 0.345. The quantitative estimate of drug-likeness (QED) is 0.723. The van der Waals surface area contributed by atoms with Gasteiger partial charge in [0, 0.05) is 25.4 Å². The fourth-order valence-electron chi connectivity index (χ4n) is 1.92. The third-order valence-electron chi connectivity index (χ3n) is 2.84. The lowest BCUT2D eigenvalue weighted by atomic mass is 10.1. The number of hydrogen-bond donors (Lipinski definition) is 1. The van der Waals surface area contributed by atoms with Gasteiger partial charge in [0.1, 0.15) is 0 Å². The van der Waals surface area contributed by atoms with Crippen LogP contribution in [0.15, 0.2) is 4.52 Å². The smallest absolute Gasteiger partial charge is 0.228 e. The van der Waals surface area contributed by atoms with Crippen LogP contribution in [0.2, 0.25) is 0 Å². The van der Waals surface area contributed by atoms with Crippen molar-refractivity contribution in [2.24, 2.45) is 0 Å². The number of aromatic nitrogens is 2. The molecule has 0 fully saturated rings. The SMILES string of the molecule is CCCC(Cc1nc(CCN(C)C)no1)NCC. The van der Waals surface area contributed by atoms with E-state index in [2.05, 4.69) is 34.2 Å². The lowest BCUT2D eigenvalue weighted by Gasteiger charge is -2.14. The minimum Gasteiger partial charge on any atom is -0.339 e. The first kappa shape index (κ1) is 15.1. The van der Waals surface area contributed by atoms with Gasteiger partial charge in [-0.15, -0.1) is 0 Å². The Morgan fingerprint density at radius 2 is 2.11 bits per heavy atom. The fraction of sp³-hybridized carbons (Fsp3) is 0.846. The van der Waals surface area contributed by atoms with E-state index in [9.17, 15) is 0 Å². The van der Waals surface area contributed by atoms with E-state index in [0.29, 0.717) is 6.04 Å². The second-order valence-corrected chi connectivity index (χ2v) is 4.91. The van der Waals surface area contributed by atoms with Gasteiger partial charge in [0.2, 0.25) is 5.89 Å². The van der Waals surface area contributed by atoms with Gasteiger partial charge in [0.05, 0.1) is 0 Å². The Morgan fingerprint density at radius 1 is 1.33 bits per heavy atom. The summed E-state index contributed by atoms with van der Waals surface area (Å²) in [7, 11) is 4.09. The third-order valence-corrected chi connectivity index (χ3v) is 2.84. The molecule has 0 aliphatic heterocycles. The van der Waals surface area contributed by atoms with Crippen molar-refractivity contribution in [3.05, 3.63) is 11.7 Å². The monoisotopic (exact) mass is 254 g/mol. The van der Waals surface area contributed by atoms with Crippen LogP contribution in [0.3, 0.4) is 0 Å². The molecule has 104 valence electrons. The molecule has 5 nitrogen and oxygen atoms in total. The molecule has 1 aromatic rings. The predicted octanol–water partition coefficient (Wildman–Crippen LogP) is 1.49. The highest BCUT2D eigenvalue weighted by Gasteiger charge is 2.13. The largest absolute Gasteiger partial charge is 0.339 e. The van der Waals surface area contributed by atoms with Crippen molar-refractivity contribution in [2.75, 3.05) is 27.2 Å². The molecule has 18 heavy (non-hydrogen) atoms. The van der Waals surface area contributed by atoms with Crippen molar-refractivity contribution < 1.29 is 4.52 Å². The first-order valence-electron chi connectivity index (χ1n) is 6.85. The minimum atomic E-state index is 0.446. The number of rotatable bonds is 9. The summed E-state index contributed by atoms with van der Waals surface area (Å²) < 4.78 is 5.30. The van der Waals surface area contributed by atoms with Crippen LogP contribution in [-0.2, 0) is 12.8 Å². The normalized spacial score (nSPS) is 13.2. The Labute approximate surface area is 110 Å². The molecule has 1 atom stereocenters. The minimum absolute atomic E-state index is 0.446. The molecule has 1 rings (SSSR count). The second kappa shape index (κ2) is 8.21. The van der Waals surface area contributed by atoms with Crippen molar-refractivity contribution in [3.8, 4) is 0 Å². The van der Waals surface area contributed by atoms with E-state index in [0.717, 1.165) is 44.1 Å². The summed E-state index contributed by atoms with van der Waals surface area (Å²) in [6.07, 6.45) is 3.98. The molecular weight excluding hydrogens is 228 g/mol. The van der Waals surface area contributed by atoms with Crippen molar-refractivity contribution in [1.82, 2.24) is 20.4 Å². The molecule has 1 heterocycles. The van der Waals surface area contributed by atoms with Crippen LogP contribution in [0.4, 0.5) is 0 Å². The maximum Gasteiger partial charge on any atom is 0.228 e. The molecule has 0 amide bonds. The Bertz CT molecular complexity index is 319. The van der Waals surface area contributed by atoms with Gasteiger partial charge < -0.3 is 14.7 Å². The van der Waals surface area contributed by atoms with Crippen LogP contribution in [0.5, 0.6) is 0 Å². The Hall–Kier alpha value is -0.940.